The third kappa shape index (κ3) is 4.17. The van der Waals surface area contributed by atoms with Gasteiger partial charge < -0.3 is 14.6 Å². The van der Waals surface area contributed by atoms with Gasteiger partial charge in [0.05, 0.1) is 24.1 Å². The van der Waals surface area contributed by atoms with Crippen molar-refractivity contribution in [1.29, 1.82) is 0 Å². The summed E-state index contributed by atoms with van der Waals surface area (Å²) < 4.78 is 6.48. The summed E-state index contributed by atoms with van der Waals surface area (Å²) in [7, 11) is 0. The number of nitrogens with one attached hydrogen (secondary N) is 1. The van der Waals surface area contributed by atoms with Gasteiger partial charge in [-0.25, -0.2) is 4.79 Å². The molecule has 134 valence electrons. The number of nitrogens with zero attached hydrogens (tertiary/aromatic N) is 2. The Morgan fingerprint density at radius 3 is 2.64 bits per heavy atom. The van der Waals surface area contributed by atoms with Gasteiger partial charge in [0.2, 0.25) is 5.91 Å². The van der Waals surface area contributed by atoms with E-state index in [1.54, 1.807) is 24.3 Å². The number of fused-ring (bicyclic) bond motifs is 1. The number of amides is 1. The number of aromatic nitrogens is 2. The number of carbonyl (C=O) groups excluding carboxylic acids is 1. The molecule has 2 aromatic rings. The van der Waals surface area contributed by atoms with Crippen molar-refractivity contribution in [3.05, 3.63) is 45.1 Å². The molecule has 0 radical (unpaired) electrons. The zero-order chi connectivity index (χ0) is 17.6. The van der Waals surface area contributed by atoms with Crippen LogP contribution in [0.4, 0.5) is 0 Å². The van der Waals surface area contributed by atoms with Gasteiger partial charge >= 0.3 is 5.69 Å². The van der Waals surface area contributed by atoms with Crippen LogP contribution in [0.1, 0.15) is 25.7 Å². The summed E-state index contributed by atoms with van der Waals surface area (Å²) in [6, 6.07) is 7.00. The number of hydrogen-bond donors (Lipinski definition) is 1. The second kappa shape index (κ2) is 8.11. The zero-order valence-corrected chi connectivity index (χ0v) is 14.2. The highest BCUT2D eigenvalue weighted by Crippen LogP contribution is 2.07. The Balaban J connectivity index is 1.51. The van der Waals surface area contributed by atoms with E-state index in [1.807, 2.05) is 4.90 Å². The minimum absolute atomic E-state index is 0.156. The highest BCUT2D eigenvalue weighted by atomic mass is 16.5. The fourth-order valence-corrected chi connectivity index (χ4v) is 3.10. The van der Waals surface area contributed by atoms with Crippen LogP contribution in [0.15, 0.2) is 33.9 Å². The van der Waals surface area contributed by atoms with E-state index < -0.39 is 0 Å². The number of para-hydroxylation sites is 1. The summed E-state index contributed by atoms with van der Waals surface area (Å²) in [6.45, 7) is 2.92. The lowest BCUT2D eigenvalue weighted by Gasteiger charge is -2.26. The summed E-state index contributed by atoms with van der Waals surface area (Å²) >= 11 is 0. The van der Waals surface area contributed by atoms with Crippen LogP contribution in [0.2, 0.25) is 0 Å². The number of unbranched alkanes of at least 4 members (excludes halogenated alkanes) is 2. The number of rotatable bonds is 6. The molecule has 1 N–H and O–H groups in total. The lowest BCUT2D eigenvalue weighted by Crippen LogP contribution is -2.40. The molecule has 0 aliphatic carbocycles. The first-order valence-corrected chi connectivity index (χ1v) is 8.74. The minimum Gasteiger partial charge on any atom is -0.378 e. The minimum atomic E-state index is -0.381. The summed E-state index contributed by atoms with van der Waals surface area (Å²) in [5, 5.41) is 0.518. The largest absolute Gasteiger partial charge is 0.378 e. The van der Waals surface area contributed by atoms with Crippen LogP contribution in [-0.4, -0.2) is 46.7 Å². The quantitative estimate of drug-likeness (QED) is 0.795. The van der Waals surface area contributed by atoms with Gasteiger partial charge in [0.15, 0.2) is 0 Å². The molecule has 0 bridgehead atoms. The number of morpholine rings is 1. The summed E-state index contributed by atoms with van der Waals surface area (Å²) in [4.78, 5) is 41.1. The van der Waals surface area contributed by atoms with Crippen LogP contribution in [0.3, 0.4) is 0 Å². The Labute approximate surface area is 145 Å². The topological polar surface area (TPSA) is 84.4 Å². The van der Waals surface area contributed by atoms with Gasteiger partial charge in [-0.15, -0.1) is 0 Å². The predicted molar refractivity (Wildman–Crippen MR) is 94.7 cm³/mol. The Bertz CT molecular complexity index is 849. The maximum atomic E-state index is 12.4. The highest BCUT2D eigenvalue weighted by Gasteiger charge is 2.16. The lowest BCUT2D eigenvalue weighted by molar-refractivity contribution is -0.135. The number of benzene rings is 1. The molecule has 1 aliphatic rings. The van der Waals surface area contributed by atoms with Crippen LogP contribution in [0, 0.1) is 0 Å². The molecule has 1 saturated heterocycles. The van der Waals surface area contributed by atoms with Crippen molar-refractivity contribution in [1.82, 2.24) is 14.5 Å². The van der Waals surface area contributed by atoms with Gasteiger partial charge in [0.1, 0.15) is 0 Å². The van der Waals surface area contributed by atoms with Crippen LogP contribution in [-0.2, 0) is 16.1 Å². The Morgan fingerprint density at radius 1 is 1.08 bits per heavy atom. The number of H-pyrrole nitrogens is 1. The van der Waals surface area contributed by atoms with Crippen molar-refractivity contribution < 1.29 is 9.53 Å². The van der Waals surface area contributed by atoms with E-state index in [4.69, 9.17) is 4.74 Å². The van der Waals surface area contributed by atoms with E-state index >= 15 is 0 Å². The van der Waals surface area contributed by atoms with Crippen LogP contribution in [0.5, 0.6) is 0 Å². The third-order valence-electron chi connectivity index (χ3n) is 4.53. The van der Waals surface area contributed by atoms with Crippen molar-refractivity contribution in [2.45, 2.75) is 32.2 Å². The molecule has 7 heteroatoms. The number of hydrogen-bond acceptors (Lipinski definition) is 4. The van der Waals surface area contributed by atoms with Gasteiger partial charge in [0.25, 0.3) is 5.56 Å². The summed E-state index contributed by atoms with van der Waals surface area (Å²) in [5.74, 6) is 0.156. The van der Waals surface area contributed by atoms with E-state index in [0.29, 0.717) is 56.6 Å². The molecular formula is C18H23N3O4. The maximum Gasteiger partial charge on any atom is 0.328 e. The molecule has 1 aromatic heterocycles. The zero-order valence-electron chi connectivity index (χ0n) is 14.2. The fourth-order valence-electron chi connectivity index (χ4n) is 3.10. The molecule has 3 rings (SSSR count). The molecule has 1 aromatic carbocycles. The van der Waals surface area contributed by atoms with Crippen LogP contribution < -0.4 is 11.2 Å². The second-order valence-corrected chi connectivity index (χ2v) is 6.24. The summed E-state index contributed by atoms with van der Waals surface area (Å²) in [5.41, 5.74) is -0.0818. The van der Waals surface area contributed by atoms with Gasteiger partial charge in [0, 0.05) is 26.1 Å². The number of aromatic amines is 1. The maximum absolute atomic E-state index is 12.4. The molecule has 1 fully saturated rings. The van der Waals surface area contributed by atoms with Gasteiger partial charge in [-0.2, -0.15) is 0 Å². The SMILES string of the molecule is O=C(CCCCCn1c(=O)[nH]c2ccccc2c1=O)N1CCOCC1. The summed E-state index contributed by atoms with van der Waals surface area (Å²) in [6.07, 6.45) is 2.76. The third-order valence-corrected chi connectivity index (χ3v) is 4.53. The van der Waals surface area contributed by atoms with Crippen molar-refractivity contribution in [2.75, 3.05) is 26.3 Å². The second-order valence-electron chi connectivity index (χ2n) is 6.24. The highest BCUT2D eigenvalue weighted by molar-refractivity contribution is 5.77. The average molecular weight is 345 g/mol. The monoisotopic (exact) mass is 345 g/mol. The van der Waals surface area contributed by atoms with E-state index in [2.05, 4.69) is 4.98 Å². The predicted octanol–water partition coefficient (Wildman–Crippen LogP) is 1.11. The molecule has 7 nitrogen and oxygen atoms in total. The molecule has 0 spiro atoms. The Morgan fingerprint density at radius 2 is 1.84 bits per heavy atom. The normalized spacial score (nSPS) is 14.8. The van der Waals surface area contributed by atoms with Crippen molar-refractivity contribution in [3.8, 4) is 0 Å². The fraction of sp³-hybridized carbons (Fsp3) is 0.500. The van der Waals surface area contributed by atoms with Gasteiger partial charge in [-0.05, 0) is 25.0 Å². The molecule has 0 saturated carbocycles. The standard InChI is InChI=1S/C18H23N3O4/c22-16(20-10-12-25-13-11-20)8-2-1-5-9-21-17(23)14-6-3-4-7-15(14)19-18(21)24/h3-4,6-7H,1-2,5,8-13H2,(H,19,24). The van der Waals surface area contributed by atoms with Crippen molar-refractivity contribution >= 4 is 16.8 Å². The van der Waals surface area contributed by atoms with Crippen molar-refractivity contribution in [3.63, 3.8) is 0 Å². The van der Waals surface area contributed by atoms with Gasteiger partial charge in [-0.1, -0.05) is 18.6 Å². The molecular weight excluding hydrogens is 322 g/mol. The van der Waals surface area contributed by atoms with E-state index in [0.717, 1.165) is 12.8 Å². The van der Waals surface area contributed by atoms with Crippen LogP contribution in [0.25, 0.3) is 10.9 Å². The first kappa shape index (κ1) is 17.4. The molecule has 0 unspecified atom stereocenters. The molecule has 1 aliphatic heterocycles. The molecule has 2 heterocycles. The molecule has 1 amide bonds. The van der Waals surface area contributed by atoms with E-state index in [1.165, 1.54) is 4.57 Å². The first-order chi connectivity index (χ1) is 12.2. The number of carbonyl (C=O) groups is 1. The number of ether oxygens (including phenoxy) is 1. The first-order valence-electron chi connectivity index (χ1n) is 8.74. The molecule has 0 atom stereocenters. The van der Waals surface area contributed by atoms with E-state index in [9.17, 15) is 14.4 Å². The lowest BCUT2D eigenvalue weighted by atomic mass is 10.1. The smallest absolute Gasteiger partial charge is 0.328 e. The molecule has 25 heavy (non-hydrogen) atoms. The van der Waals surface area contributed by atoms with Crippen LogP contribution >= 0.6 is 0 Å². The Hall–Kier alpha value is -2.41. The Kier molecular flexibility index (Phi) is 5.65. The van der Waals surface area contributed by atoms with E-state index in [-0.39, 0.29) is 17.2 Å². The van der Waals surface area contributed by atoms with Gasteiger partial charge in [-0.3, -0.25) is 14.2 Å². The average Bonchev–Trinajstić information content (AvgIpc) is 2.64. The van der Waals surface area contributed by atoms with Crippen molar-refractivity contribution in [2.24, 2.45) is 0 Å².